The summed E-state index contributed by atoms with van der Waals surface area (Å²) in [5, 5.41) is 6.31. The minimum Gasteiger partial charge on any atom is -0.437 e. The molecule has 2 heterocycles. The number of rotatable bonds is 4. The molecule has 3 N–H and O–H groups in total. The standard InChI is InChI=1S/C15H14ClN5OS/c1-8-5-10(6-9(2)11(8)16)22-14-12(17)13(19-7-20-14)21-15-18-3-4-23-15/h3-7H,17H2,1-2H3,(H,18,19,20,21). The molecule has 0 aliphatic carbocycles. The van der Waals surface area contributed by atoms with E-state index in [1.54, 1.807) is 6.20 Å². The fourth-order valence-corrected chi connectivity index (χ4v) is 2.66. The molecule has 6 nitrogen and oxygen atoms in total. The summed E-state index contributed by atoms with van der Waals surface area (Å²) < 4.78 is 5.79. The first-order chi connectivity index (χ1) is 11.0. The van der Waals surface area contributed by atoms with E-state index < -0.39 is 0 Å². The molecule has 8 heteroatoms. The fourth-order valence-electron chi connectivity index (χ4n) is 2.02. The van der Waals surface area contributed by atoms with Crippen LogP contribution in [0.5, 0.6) is 11.6 Å². The Morgan fingerprint density at radius 3 is 2.57 bits per heavy atom. The molecule has 3 aromatic rings. The number of aromatic nitrogens is 3. The monoisotopic (exact) mass is 347 g/mol. The maximum absolute atomic E-state index is 6.17. The minimum atomic E-state index is 0.278. The van der Waals surface area contributed by atoms with E-state index in [0.29, 0.717) is 22.4 Å². The van der Waals surface area contributed by atoms with Crippen LogP contribution in [-0.2, 0) is 0 Å². The molecule has 0 bridgehead atoms. The van der Waals surface area contributed by atoms with E-state index in [0.717, 1.165) is 16.1 Å². The van der Waals surface area contributed by atoms with Crippen LogP contribution in [0.15, 0.2) is 30.0 Å². The normalized spacial score (nSPS) is 10.6. The van der Waals surface area contributed by atoms with Gasteiger partial charge in [-0.3, -0.25) is 0 Å². The van der Waals surface area contributed by atoms with Crippen molar-refractivity contribution in [3.05, 3.63) is 46.2 Å². The van der Waals surface area contributed by atoms with Gasteiger partial charge in [-0.25, -0.2) is 9.97 Å². The third-order valence-electron chi connectivity index (χ3n) is 3.13. The second-order valence-electron chi connectivity index (χ2n) is 4.88. The smallest absolute Gasteiger partial charge is 0.248 e. The summed E-state index contributed by atoms with van der Waals surface area (Å²) in [5.41, 5.74) is 8.26. The highest BCUT2D eigenvalue weighted by atomic mass is 35.5. The quantitative estimate of drug-likeness (QED) is 0.730. The van der Waals surface area contributed by atoms with Crippen LogP contribution in [0.25, 0.3) is 0 Å². The Hall–Kier alpha value is -2.38. The van der Waals surface area contributed by atoms with Gasteiger partial charge in [-0.05, 0) is 37.1 Å². The summed E-state index contributed by atoms with van der Waals surface area (Å²) in [6.45, 7) is 3.84. The number of hydrogen-bond donors (Lipinski definition) is 2. The van der Waals surface area contributed by atoms with Crippen molar-refractivity contribution >= 4 is 39.6 Å². The number of nitrogens with zero attached hydrogens (tertiary/aromatic N) is 3. The summed E-state index contributed by atoms with van der Waals surface area (Å²) >= 11 is 7.62. The van der Waals surface area contributed by atoms with Crippen LogP contribution in [0.1, 0.15) is 11.1 Å². The minimum absolute atomic E-state index is 0.278. The van der Waals surface area contributed by atoms with Crippen molar-refractivity contribution in [3.8, 4) is 11.6 Å². The summed E-state index contributed by atoms with van der Waals surface area (Å²) in [7, 11) is 0. The summed E-state index contributed by atoms with van der Waals surface area (Å²) in [6, 6.07) is 3.68. The van der Waals surface area contributed by atoms with Crippen LogP contribution >= 0.6 is 22.9 Å². The molecule has 0 saturated heterocycles. The van der Waals surface area contributed by atoms with E-state index in [2.05, 4.69) is 20.3 Å². The number of hydrogen-bond acceptors (Lipinski definition) is 7. The SMILES string of the molecule is Cc1cc(Oc2ncnc(Nc3nccs3)c2N)cc(C)c1Cl. The Morgan fingerprint density at radius 2 is 1.91 bits per heavy atom. The molecule has 23 heavy (non-hydrogen) atoms. The van der Waals surface area contributed by atoms with Crippen LogP contribution in [0, 0.1) is 13.8 Å². The molecule has 0 atom stereocenters. The molecule has 0 spiro atoms. The van der Waals surface area contributed by atoms with E-state index in [9.17, 15) is 0 Å². The van der Waals surface area contributed by atoms with Crippen molar-refractivity contribution in [1.82, 2.24) is 15.0 Å². The molecule has 0 unspecified atom stereocenters. The molecule has 118 valence electrons. The third kappa shape index (κ3) is 3.35. The lowest BCUT2D eigenvalue weighted by atomic mass is 10.1. The van der Waals surface area contributed by atoms with E-state index in [4.69, 9.17) is 22.1 Å². The average Bonchev–Trinajstić information content (AvgIpc) is 3.02. The second-order valence-corrected chi connectivity index (χ2v) is 6.15. The predicted octanol–water partition coefficient (Wildman–Crippen LogP) is 4.32. The molecule has 0 aliphatic rings. The first-order valence-electron chi connectivity index (χ1n) is 6.76. The van der Waals surface area contributed by atoms with Gasteiger partial charge in [0, 0.05) is 16.6 Å². The van der Waals surface area contributed by atoms with Gasteiger partial charge in [-0.15, -0.1) is 11.3 Å². The largest absolute Gasteiger partial charge is 0.437 e. The molecule has 0 saturated carbocycles. The highest BCUT2D eigenvalue weighted by Gasteiger charge is 2.12. The van der Waals surface area contributed by atoms with Gasteiger partial charge in [0.2, 0.25) is 5.88 Å². The fraction of sp³-hybridized carbons (Fsp3) is 0.133. The van der Waals surface area contributed by atoms with Crippen LogP contribution < -0.4 is 15.8 Å². The Morgan fingerprint density at radius 1 is 1.17 bits per heavy atom. The number of halogens is 1. The third-order valence-corrected chi connectivity index (χ3v) is 4.41. The van der Waals surface area contributed by atoms with Gasteiger partial charge in [0.15, 0.2) is 10.9 Å². The summed E-state index contributed by atoms with van der Waals surface area (Å²) in [4.78, 5) is 12.4. The second kappa shape index (κ2) is 6.39. The van der Waals surface area contributed by atoms with E-state index in [1.807, 2.05) is 31.4 Å². The number of benzene rings is 1. The number of nitrogens with two attached hydrogens (primary N) is 1. The number of aryl methyl sites for hydroxylation is 2. The van der Waals surface area contributed by atoms with Crippen LogP contribution in [0.4, 0.5) is 16.6 Å². The van der Waals surface area contributed by atoms with Crippen LogP contribution in [0.2, 0.25) is 5.02 Å². The zero-order valence-electron chi connectivity index (χ0n) is 12.5. The van der Waals surface area contributed by atoms with Gasteiger partial charge in [0.25, 0.3) is 0 Å². The first kappa shape index (κ1) is 15.5. The van der Waals surface area contributed by atoms with Gasteiger partial charge >= 0.3 is 0 Å². The van der Waals surface area contributed by atoms with Crippen molar-refractivity contribution in [2.45, 2.75) is 13.8 Å². The lowest BCUT2D eigenvalue weighted by Gasteiger charge is -2.12. The van der Waals surface area contributed by atoms with Crippen LogP contribution in [0.3, 0.4) is 0 Å². The van der Waals surface area contributed by atoms with Crippen molar-refractivity contribution in [2.24, 2.45) is 0 Å². The maximum Gasteiger partial charge on any atom is 0.248 e. The molecule has 0 amide bonds. The highest BCUT2D eigenvalue weighted by Crippen LogP contribution is 2.33. The van der Waals surface area contributed by atoms with Gasteiger partial charge in [0.1, 0.15) is 17.8 Å². The lowest BCUT2D eigenvalue weighted by molar-refractivity contribution is 0.464. The number of thiazole rings is 1. The van der Waals surface area contributed by atoms with E-state index in [-0.39, 0.29) is 5.88 Å². The molecular weight excluding hydrogens is 334 g/mol. The predicted molar refractivity (Wildman–Crippen MR) is 92.8 cm³/mol. The average molecular weight is 348 g/mol. The number of nitrogen functional groups attached to an aromatic ring is 1. The van der Waals surface area contributed by atoms with Crippen molar-refractivity contribution in [1.29, 1.82) is 0 Å². The molecule has 2 aromatic heterocycles. The zero-order valence-corrected chi connectivity index (χ0v) is 14.1. The van der Waals surface area contributed by atoms with Crippen molar-refractivity contribution < 1.29 is 4.74 Å². The molecule has 0 aliphatic heterocycles. The highest BCUT2D eigenvalue weighted by molar-refractivity contribution is 7.13. The molecule has 0 fully saturated rings. The molecule has 0 radical (unpaired) electrons. The number of ether oxygens (including phenoxy) is 1. The topological polar surface area (TPSA) is 86.0 Å². The van der Waals surface area contributed by atoms with Gasteiger partial charge in [-0.2, -0.15) is 4.98 Å². The molecule has 3 rings (SSSR count). The Bertz CT molecular complexity index is 815. The van der Waals surface area contributed by atoms with Gasteiger partial charge < -0.3 is 15.8 Å². The van der Waals surface area contributed by atoms with Crippen molar-refractivity contribution in [3.63, 3.8) is 0 Å². The number of anilines is 3. The van der Waals surface area contributed by atoms with Crippen molar-refractivity contribution in [2.75, 3.05) is 11.1 Å². The lowest BCUT2D eigenvalue weighted by Crippen LogP contribution is -2.03. The number of nitrogens with one attached hydrogen (secondary N) is 1. The Kier molecular flexibility index (Phi) is 4.31. The van der Waals surface area contributed by atoms with E-state index in [1.165, 1.54) is 17.7 Å². The Labute approximate surface area is 142 Å². The van der Waals surface area contributed by atoms with Gasteiger partial charge in [-0.1, -0.05) is 11.6 Å². The molecule has 1 aromatic carbocycles. The maximum atomic E-state index is 6.17. The molecular formula is C15H14ClN5OS. The summed E-state index contributed by atoms with van der Waals surface area (Å²) in [6.07, 6.45) is 3.08. The first-order valence-corrected chi connectivity index (χ1v) is 8.02. The Balaban J connectivity index is 1.89. The zero-order chi connectivity index (χ0) is 16.4. The van der Waals surface area contributed by atoms with Crippen LogP contribution in [-0.4, -0.2) is 15.0 Å². The van der Waals surface area contributed by atoms with E-state index >= 15 is 0 Å². The summed E-state index contributed by atoms with van der Waals surface area (Å²) in [5.74, 6) is 1.35. The van der Waals surface area contributed by atoms with Gasteiger partial charge in [0.05, 0.1) is 0 Å².